The Hall–Kier alpha value is 1.18. The molecule has 6 heteroatoms. The summed E-state index contributed by atoms with van der Waals surface area (Å²) >= 11 is 0. The molecule has 4 nitrogen and oxygen atoms in total. The quantitative estimate of drug-likeness (QED) is 0.343. The average Bonchev–Trinajstić information content (AvgIpc) is 1.36. The summed E-state index contributed by atoms with van der Waals surface area (Å²) in [6.07, 6.45) is 0. The summed E-state index contributed by atoms with van der Waals surface area (Å²) < 4.78 is 31.6. The first-order chi connectivity index (χ1) is 3.00. The monoisotopic (exact) mass is 266 g/mol. The minimum atomic E-state index is -4.67. The Balaban J connectivity index is -0.0000000750. The maximum absolute atomic E-state index is 8.74. The van der Waals surface area contributed by atoms with E-state index in [1.54, 1.807) is 0 Å². The van der Waals surface area contributed by atoms with Crippen LogP contribution in [0.4, 0.5) is 0 Å². The van der Waals surface area contributed by atoms with Gasteiger partial charge in [-0.1, -0.05) is 0 Å². The Morgan fingerprint density at radius 3 is 1.12 bits per heavy atom. The van der Waals surface area contributed by atoms with Gasteiger partial charge in [0.1, 0.15) is 0 Å². The Morgan fingerprint density at radius 1 is 1.12 bits per heavy atom. The van der Waals surface area contributed by atoms with Crippen LogP contribution in [0.3, 0.4) is 0 Å². The van der Waals surface area contributed by atoms with Crippen molar-refractivity contribution in [2.75, 3.05) is 0 Å². The SMILES string of the molecule is C=C.O=S(=O)(O)O.[BaH2]. The second-order valence-corrected chi connectivity index (χ2v) is 1.34. The molecule has 0 aromatic carbocycles. The summed E-state index contributed by atoms with van der Waals surface area (Å²) in [4.78, 5) is 0. The van der Waals surface area contributed by atoms with Crippen LogP contribution in [0, 0.1) is 0 Å². The molecule has 0 saturated carbocycles. The minimum absolute atomic E-state index is 0. The molecule has 0 fully saturated rings. The first-order valence-electron chi connectivity index (χ1n) is 1.20. The van der Waals surface area contributed by atoms with Gasteiger partial charge in [0.15, 0.2) is 0 Å². The molecule has 48 valence electrons. The molecule has 0 heterocycles. The molecule has 8 heavy (non-hydrogen) atoms. The molecule has 0 spiro atoms. The van der Waals surface area contributed by atoms with Crippen LogP contribution in [0.1, 0.15) is 0 Å². The van der Waals surface area contributed by atoms with E-state index in [-0.39, 0.29) is 48.9 Å². The first-order valence-corrected chi connectivity index (χ1v) is 2.60. The van der Waals surface area contributed by atoms with Crippen molar-refractivity contribution in [1.82, 2.24) is 0 Å². The Labute approximate surface area is 88.6 Å². The fourth-order valence-corrected chi connectivity index (χ4v) is 0. The summed E-state index contributed by atoms with van der Waals surface area (Å²) in [6, 6.07) is 0. The van der Waals surface area contributed by atoms with Crippen LogP contribution in [-0.2, 0) is 10.4 Å². The summed E-state index contributed by atoms with van der Waals surface area (Å²) in [6.45, 7) is 6.00. The number of hydrogen-bond donors (Lipinski definition) is 2. The summed E-state index contributed by atoms with van der Waals surface area (Å²) in [5, 5.41) is 0. The second kappa shape index (κ2) is 8.18. The first kappa shape index (κ1) is 16.1. The molecule has 0 rings (SSSR count). The van der Waals surface area contributed by atoms with Crippen molar-refractivity contribution in [1.29, 1.82) is 0 Å². The average molecular weight is 265 g/mol. The molecular weight excluding hydrogens is 257 g/mol. The van der Waals surface area contributed by atoms with E-state index < -0.39 is 10.4 Å². The van der Waals surface area contributed by atoms with Gasteiger partial charge in [0.25, 0.3) is 0 Å². The van der Waals surface area contributed by atoms with Crippen molar-refractivity contribution in [3.63, 3.8) is 0 Å². The van der Waals surface area contributed by atoms with Crippen molar-refractivity contribution >= 4 is 59.3 Å². The third kappa shape index (κ3) is 197. The van der Waals surface area contributed by atoms with E-state index in [1.807, 2.05) is 0 Å². The maximum atomic E-state index is 8.74. The molecule has 0 aliphatic carbocycles. The van der Waals surface area contributed by atoms with Gasteiger partial charge in [0.2, 0.25) is 0 Å². The molecule has 0 unspecified atom stereocenters. The third-order valence-corrected chi connectivity index (χ3v) is 0. The van der Waals surface area contributed by atoms with E-state index in [2.05, 4.69) is 13.2 Å². The second-order valence-electron chi connectivity index (χ2n) is 0.448. The zero-order chi connectivity index (χ0) is 6.50. The van der Waals surface area contributed by atoms with Gasteiger partial charge in [-0.05, 0) is 0 Å². The van der Waals surface area contributed by atoms with Crippen LogP contribution in [-0.4, -0.2) is 66.4 Å². The zero-order valence-electron chi connectivity index (χ0n) is 3.53. The number of rotatable bonds is 0. The van der Waals surface area contributed by atoms with E-state index in [0.717, 1.165) is 0 Å². The standard InChI is InChI=1S/C2H4.Ba.H2O4S.2H/c1-2;;1-5(2,3)4;;/h1-2H2;;(H2,1,2,3,4);;. The molecule has 0 saturated heterocycles. The fourth-order valence-electron chi connectivity index (χ4n) is 0. The summed E-state index contributed by atoms with van der Waals surface area (Å²) in [5.41, 5.74) is 0. The third-order valence-electron chi connectivity index (χ3n) is 0. The van der Waals surface area contributed by atoms with Crippen LogP contribution in [0.15, 0.2) is 13.2 Å². The van der Waals surface area contributed by atoms with Gasteiger partial charge >= 0.3 is 59.3 Å². The molecule has 0 bridgehead atoms. The van der Waals surface area contributed by atoms with Gasteiger partial charge in [-0.2, -0.15) is 8.42 Å². The predicted molar refractivity (Wildman–Crippen MR) is 34.0 cm³/mol. The molecule has 0 aliphatic rings. The van der Waals surface area contributed by atoms with Crippen molar-refractivity contribution in [2.24, 2.45) is 0 Å². The van der Waals surface area contributed by atoms with E-state index in [9.17, 15) is 0 Å². The van der Waals surface area contributed by atoms with Crippen LogP contribution in [0.2, 0.25) is 0 Å². The van der Waals surface area contributed by atoms with Crippen molar-refractivity contribution in [2.45, 2.75) is 0 Å². The molecular formula is C2H8BaO4S. The van der Waals surface area contributed by atoms with E-state index in [4.69, 9.17) is 17.5 Å². The predicted octanol–water partition coefficient (Wildman–Crippen LogP) is -0.767. The van der Waals surface area contributed by atoms with E-state index in [1.165, 1.54) is 0 Å². The van der Waals surface area contributed by atoms with Crippen molar-refractivity contribution in [3.05, 3.63) is 13.2 Å². The van der Waals surface area contributed by atoms with Crippen molar-refractivity contribution in [3.8, 4) is 0 Å². The molecule has 0 radical (unpaired) electrons. The molecule has 0 aromatic heterocycles. The molecule has 0 aromatic rings. The normalized spacial score (nSPS) is 7.75. The number of hydrogen-bond acceptors (Lipinski definition) is 2. The van der Waals surface area contributed by atoms with Gasteiger partial charge < -0.3 is 0 Å². The zero-order valence-corrected chi connectivity index (χ0v) is 4.35. The van der Waals surface area contributed by atoms with Crippen LogP contribution in [0.25, 0.3) is 0 Å². The summed E-state index contributed by atoms with van der Waals surface area (Å²) in [7, 11) is -4.67. The Morgan fingerprint density at radius 2 is 1.12 bits per heavy atom. The van der Waals surface area contributed by atoms with Gasteiger partial charge in [-0.25, -0.2) is 0 Å². The van der Waals surface area contributed by atoms with Crippen LogP contribution in [0.5, 0.6) is 0 Å². The van der Waals surface area contributed by atoms with Gasteiger partial charge in [-0.15, -0.1) is 13.2 Å². The van der Waals surface area contributed by atoms with Crippen LogP contribution < -0.4 is 0 Å². The van der Waals surface area contributed by atoms with Crippen molar-refractivity contribution < 1.29 is 17.5 Å². The fraction of sp³-hybridized carbons (Fsp3) is 0. The van der Waals surface area contributed by atoms with E-state index in [0.29, 0.717) is 0 Å². The Kier molecular flexibility index (Phi) is 16.4. The Bertz CT molecular complexity index is 108. The molecule has 0 aliphatic heterocycles. The topological polar surface area (TPSA) is 74.6 Å². The van der Waals surface area contributed by atoms with Gasteiger partial charge in [0, 0.05) is 0 Å². The van der Waals surface area contributed by atoms with Gasteiger partial charge in [0.05, 0.1) is 0 Å². The molecule has 2 N–H and O–H groups in total. The molecule has 0 atom stereocenters. The summed E-state index contributed by atoms with van der Waals surface area (Å²) in [5.74, 6) is 0. The van der Waals surface area contributed by atoms with Gasteiger partial charge in [-0.3, -0.25) is 9.11 Å². The molecule has 0 amide bonds. The van der Waals surface area contributed by atoms with E-state index >= 15 is 0 Å². The van der Waals surface area contributed by atoms with Crippen LogP contribution >= 0.6 is 0 Å².